The van der Waals surface area contributed by atoms with E-state index in [1.165, 1.54) is 0 Å². The maximum absolute atomic E-state index is 11.5. The van der Waals surface area contributed by atoms with Gasteiger partial charge < -0.3 is 11.1 Å². The minimum Gasteiger partial charge on any atom is -0.368 e. The molecule has 1 aromatic heterocycles. The molecule has 1 aliphatic rings. The molecule has 7 heteroatoms. The lowest BCUT2D eigenvalue weighted by molar-refractivity contribution is -0.124. The minimum atomic E-state index is -0.275. The number of aromatic nitrogens is 2. The third-order valence-electron chi connectivity index (χ3n) is 3.49. The number of aryl methyl sites for hydroxylation is 2. The van der Waals surface area contributed by atoms with E-state index in [4.69, 9.17) is 5.73 Å². The average molecular weight is 330 g/mol. The van der Waals surface area contributed by atoms with Crippen LogP contribution in [0.25, 0.3) is 0 Å². The summed E-state index contributed by atoms with van der Waals surface area (Å²) in [5, 5.41) is 7.68. The molecule has 0 bridgehead atoms. The first-order valence-electron chi connectivity index (χ1n) is 6.50. The van der Waals surface area contributed by atoms with Crippen LogP contribution >= 0.6 is 15.9 Å². The third-order valence-corrected chi connectivity index (χ3v) is 4.52. The largest absolute Gasteiger partial charge is 0.368 e. The molecule has 2 heterocycles. The molecule has 1 atom stereocenters. The van der Waals surface area contributed by atoms with E-state index in [1.54, 1.807) is 0 Å². The number of nitrogens with two attached hydrogens (primary N) is 1. The number of rotatable bonds is 4. The number of nitrogens with zero attached hydrogens (tertiary/aromatic N) is 3. The fraction of sp³-hybridized carbons (Fsp3) is 0.667. The van der Waals surface area contributed by atoms with E-state index in [1.807, 2.05) is 11.6 Å². The van der Waals surface area contributed by atoms with Crippen LogP contribution in [0.4, 0.5) is 0 Å². The monoisotopic (exact) mass is 329 g/mol. The van der Waals surface area contributed by atoms with Gasteiger partial charge in [-0.15, -0.1) is 0 Å². The highest BCUT2D eigenvalue weighted by molar-refractivity contribution is 9.10. The van der Waals surface area contributed by atoms with Crippen molar-refractivity contribution in [2.24, 2.45) is 5.73 Å². The maximum Gasteiger partial charge on any atom is 0.236 e. The predicted octanol–water partition coefficient (Wildman–Crippen LogP) is 0.233. The summed E-state index contributed by atoms with van der Waals surface area (Å²) in [6, 6.07) is -0.249. The topological polar surface area (TPSA) is 76.2 Å². The Morgan fingerprint density at radius 1 is 1.63 bits per heavy atom. The Morgan fingerprint density at radius 3 is 3.00 bits per heavy atom. The second-order valence-electron chi connectivity index (χ2n) is 4.75. The van der Waals surface area contributed by atoms with Crippen molar-refractivity contribution in [3.05, 3.63) is 15.9 Å². The molecular weight excluding hydrogens is 310 g/mol. The number of nitrogens with one attached hydrogen (secondary N) is 1. The molecule has 0 saturated carbocycles. The number of piperazine rings is 1. The van der Waals surface area contributed by atoms with Crippen LogP contribution in [0.5, 0.6) is 0 Å². The number of carbonyl (C=O) groups is 1. The van der Waals surface area contributed by atoms with Crippen molar-refractivity contribution in [1.82, 2.24) is 20.0 Å². The van der Waals surface area contributed by atoms with Gasteiger partial charge in [-0.2, -0.15) is 5.10 Å². The molecule has 2 rings (SSSR count). The first-order valence-corrected chi connectivity index (χ1v) is 7.29. The number of amides is 1. The Balaban J connectivity index is 2.21. The smallest absolute Gasteiger partial charge is 0.236 e. The van der Waals surface area contributed by atoms with Crippen LogP contribution in [0.2, 0.25) is 0 Å². The van der Waals surface area contributed by atoms with Crippen LogP contribution < -0.4 is 11.1 Å². The third kappa shape index (κ3) is 2.98. The molecule has 106 valence electrons. The lowest BCUT2D eigenvalue weighted by Gasteiger charge is -2.34. The van der Waals surface area contributed by atoms with Crippen LogP contribution in [-0.4, -0.2) is 46.3 Å². The van der Waals surface area contributed by atoms with E-state index in [9.17, 15) is 4.79 Å². The summed E-state index contributed by atoms with van der Waals surface area (Å²) in [7, 11) is 0. The molecule has 1 fully saturated rings. The molecule has 6 nitrogen and oxygen atoms in total. The Bertz CT molecular complexity index is 473. The molecule has 0 spiro atoms. The molecule has 1 amide bonds. The normalized spacial score (nSPS) is 20.7. The molecule has 1 saturated heterocycles. The molecular formula is C12H20BrN5O. The molecule has 3 N–H and O–H groups in total. The standard InChI is InChI=1S/C12H20BrN5O/c1-3-18-10(11(13)8(2)16-18)7-17-5-4-15-6-9(17)12(14)19/h9,15H,3-7H2,1-2H3,(H2,14,19). The predicted molar refractivity (Wildman–Crippen MR) is 76.6 cm³/mol. The molecule has 0 radical (unpaired) electrons. The van der Waals surface area contributed by atoms with Crippen molar-refractivity contribution in [1.29, 1.82) is 0 Å². The van der Waals surface area contributed by atoms with Crippen molar-refractivity contribution in [3.8, 4) is 0 Å². The van der Waals surface area contributed by atoms with Crippen LogP contribution in [0, 0.1) is 6.92 Å². The number of hydrogen-bond donors (Lipinski definition) is 2. The summed E-state index contributed by atoms with van der Waals surface area (Å²) in [5.41, 5.74) is 7.55. The number of carbonyl (C=O) groups excluding carboxylic acids is 1. The fourth-order valence-corrected chi connectivity index (χ4v) is 2.84. The summed E-state index contributed by atoms with van der Waals surface area (Å²) in [4.78, 5) is 13.6. The van der Waals surface area contributed by atoms with E-state index in [2.05, 4.69) is 38.2 Å². The highest BCUT2D eigenvalue weighted by Crippen LogP contribution is 2.23. The summed E-state index contributed by atoms with van der Waals surface area (Å²) >= 11 is 3.58. The molecule has 0 aliphatic carbocycles. The van der Waals surface area contributed by atoms with Crippen LogP contribution in [-0.2, 0) is 17.9 Å². The average Bonchev–Trinajstić information content (AvgIpc) is 2.67. The molecule has 19 heavy (non-hydrogen) atoms. The summed E-state index contributed by atoms with van der Waals surface area (Å²) in [6.07, 6.45) is 0. The summed E-state index contributed by atoms with van der Waals surface area (Å²) in [5.74, 6) is -0.275. The molecule has 0 aromatic carbocycles. The van der Waals surface area contributed by atoms with Gasteiger partial charge in [-0.3, -0.25) is 14.4 Å². The van der Waals surface area contributed by atoms with Gasteiger partial charge in [0, 0.05) is 32.7 Å². The van der Waals surface area contributed by atoms with Crippen LogP contribution in [0.15, 0.2) is 4.47 Å². The van der Waals surface area contributed by atoms with Gasteiger partial charge in [0.15, 0.2) is 0 Å². The van der Waals surface area contributed by atoms with Gasteiger partial charge in [0.1, 0.15) is 6.04 Å². The highest BCUT2D eigenvalue weighted by Gasteiger charge is 2.28. The minimum absolute atomic E-state index is 0.249. The van der Waals surface area contributed by atoms with Crippen LogP contribution in [0.1, 0.15) is 18.3 Å². The van der Waals surface area contributed by atoms with Crippen molar-refractivity contribution < 1.29 is 4.79 Å². The van der Waals surface area contributed by atoms with E-state index in [0.29, 0.717) is 13.1 Å². The highest BCUT2D eigenvalue weighted by atomic mass is 79.9. The van der Waals surface area contributed by atoms with E-state index in [0.717, 1.165) is 35.5 Å². The van der Waals surface area contributed by atoms with Crippen LogP contribution in [0.3, 0.4) is 0 Å². The quantitative estimate of drug-likeness (QED) is 0.829. The van der Waals surface area contributed by atoms with E-state index >= 15 is 0 Å². The van der Waals surface area contributed by atoms with Crippen molar-refractivity contribution in [2.45, 2.75) is 33.0 Å². The summed E-state index contributed by atoms with van der Waals surface area (Å²) in [6.45, 7) is 7.84. The van der Waals surface area contributed by atoms with Crippen molar-refractivity contribution >= 4 is 21.8 Å². The second-order valence-corrected chi connectivity index (χ2v) is 5.55. The molecule has 1 aromatic rings. The first-order chi connectivity index (χ1) is 9.04. The van der Waals surface area contributed by atoms with E-state index in [-0.39, 0.29) is 11.9 Å². The Morgan fingerprint density at radius 2 is 2.37 bits per heavy atom. The first kappa shape index (κ1) is 14.5. The summed E-state index contributed by atoms with van der Waals surface area (Å²) < 4.78 is 3.00. The zero-order valence-electron chi connectivity index (χ0n) is 11.3. The zero-order chi connectivity index (χ0) is 14.0. The van der Waals surface area contributed by atoms with Crippen molar-refractivity contribution in [3.63, 3.8) is 0 Å². The zero-order valence-corrected chi connectivity index (χ0v) is 12.9. The second kappa shape index (κ2) is 6.02. The number of halogens is 1. The SMILES string of the molecule is CCn1nc(C)c(Br)c1CN1CCNCC1C(N)=O. The van der Waals surface area contributed by atoms with Gasteiger partial charge in [-0.1, -0.05) is 0 Å². The Kier molecular flexibility index (Phi) is 4.59. The Labute approximate surface area is 121 Å². The van der Waals surface area contributed by atoms with Gasteiger partial charge >= 0.3 is 0 Å². The van der Waals surface area contributed by atoms with Gasteiger partial charge in [-0.25, -0.2) is 0 Å². The molecule has 1 unspecified atom stereocenters. The lowest BCUT2D eigenvalue weighted by atomic mass is 10.1. The lowest BCUT2D eigenvalue weighted by Crippen LogP contribution is -2.56. The van der Waals surface area contributed by atoms with E-state index < -0.39 is 0 Å². The Hall–Kier alpha value is -0.920. The maximum atomic E-state index is 11.5. The van der Waals surface area contributed by atoms with Gasteiger partial charge in [0.05, 0.1) is 15.9 Å². The number of hydrogen-bond acceptors (Lipinski definition) is 4. The van der Waals surface area contributed by atoms with Gasteiger partial charge in [0.25, 0.3) is 0 Å². The number of primary amides is 1. The van der Waals surface area contributed by atoms with Crippen molar-refractivity contribution in [2.75, 3.05) is 19.6 Å². The molecule has 1 aliphatic heterocycles. The van der Waals surface area contributed by atoms with Gasteiger partial charge in [0.2, 0.25) is 5.91 Å². The fourth-order valence-electron chi connectivity index (χ4n) is 2.43. The van der Waals surface area contributed by atoms with Gasteiger partial charge in [-0.05, 0) is 29.8 Å².